The molecule has 17 heavy (non-hydrogen) atoms. The van der Waals surface area contributed by atoms with Gasteiger partial charge in [-0.05, 0) is 31.7 Å². The van der Waals surface area contributed by atoms with Gasteiger partial charge in [0.2, 0.25) is 0 Å². The van der Waals surface area contributed by atoms with E-state index in [4.69, 9.17) is 10.2 Å². The van der Waals surface area contributed by atoms with Gasteiger partial charge in [-0.15, -0.1) is 0 Å². The predicted octanol–water partition coefficient (Wildman–Crippen LogP) is 1.86. The van der Waals surface area contributed by atoms with Crippen LogP contribution >= 0.6 is 0 Å². The van der Waals surface area contributed by atoms with Gasteiger partial charge in [0, 0.05) is 11.3 Å². The van der Waals surface area contributed by atoms with Gasteiger partial charge in [0.15, 0.2) is 0 Å². The molecule has 0 bridgehead atoms. The Morgan fingerprint density at radius 3 is 3.12 bits per heavy atom. The van der Waals surface area contributed by atoms with E-state index in [1.54, 1.807) is 6.26 Å². The fourth-order valence-corrected chi connectivity index (χ4v) is 2.54. The van der Waals surface area contributed by atoms with E-state index in [-0.39, 0.29) is 0 Å². The molecule has 2 N–H and O–H groups in total. The maximum Gasteiger partial charge on any atom is 0.122 e. The van der Waals surface area contributed by atoms with Gasteiger partial charge in [-0.25, -0.2) is 4.98 Å². The molecule has 0 amide bonds. The molecule has 0 spiro atoms. The Hall–Kier alpha value is -1.55. The summed E-state index contributed by atoms with van der Waals surface area (Å²) >= 11 is 0. The lowest BCUT2D eigenvalue weighted by atomic mass is 10.0. The SMILES string of the molecule is NCc1occc1Cn1cnc2c1CCCC2. The molecule has 2 aromatic heterocycles. The van der Waals surface area contributed by atoms with Crippen LogP contribution in [0, 0.1) is 0 Å². The average molecular weight is 231 g/mol. The minimum absolute atomic E-state index is 0.458. The van der Waals surface area contributed by atoms with Crippen molar-refractivity contribution in [1.82, 2.24) is 9.55 Å². The van der Waals surface area contributed by atoms with Crippen LogP contribution in [0.25, 0.3) is 0 Å². The topological polar surface area (TPSA) is 57.0 Å². The van der Waals surface area contributed by atoms with E-state index in [0.717, 1.165) is 25.1 Å². The van der Waals surface area contributed by atoms with Gasteiger partial charge in [-0.1, -0.05) is 0 Å². The molecule has 0 aliphatic heterocycles. The van der Waals surface area contributed by atoms with Gasteiger partial charge < -0.3 is 14.7 Å². The molecule has 2 aromatic rings. The number of rotatable bonds is 3. The third-order valence-electron chi connectivity index (χ3n) is 3.47. The van der Waals surface area contributed by atoms with Crippen molar-refractivity contribution in [2.45, 2.75) is 38.8 Å². The van der Waals surface area contributed by atoms with Crippen LogP contribution in [0.4, 0.5) is 0 Å². The van der Waals surface area contributed by atoms with Crippen LogP contribution < -0.4 is 5.73 Å². The zero-order valence-corrected chi connectivity index (χ0v) is 9.85. The quantitative estimate of drug-likeness (QED) is 0.877. The van der Waals surface area contributed by atoms with Crippen molar-refractivity contribution in [2.24, 2.45) is 5.73 Å². The van der Waals surface area contributed by atoms with Crippen molar-refractivity contribution >= 4 is 0 Å². The van der Waals surface area contributed by atoms with E-state index in [1.807, 2.05) is 12.4 Å². The van der Waals surface area contributed by atoms with Crippen molar-refractivity contribution in [3.8, 4) is 0 Å². The Kier molecular flexibility index (Phi) is 2.73. The van der Waals surface area contributed by atoms with Crippen LogP contribution in [-0.4, -0.2) is 9.55 Å². The zero-order chi connectivity index (χ0) is 11.7. The summed E-state index contributed by atoms with van der Waals surface area (Å²) in [5.41, 5.74) is 9.47. The maximum atomic E-state index is 5.64. The van der Waals surface area contributed by atoms with Crippen molar-refractivity contribution in [1.29, 1.82) is 0 Å². The van der Waals surface area contributed by atoms with E-state index in [1.165, 1.54) is 29.8 Å². The third kappa shape index (κ3) is 1.89. The lowest BCUT2D eigenvalue weighted by Gasteiger charge is -2.13. The summed E-state index contributed by atoms with van der Waals surface area (Å²) in [5, 5.41) is 0. The smallest absolute Gasteiger partial charge is 0.122 e. The van der Waals surface area contributed by atoms with Crippen molar-refractivity contribution in [3.05, 3.63) is 41.4 Å². The summed E-state index contributed by atoms with van der Waals surface area (Å²) in [7, 11) is 0. The second-order valence-electron chi connectivity index (χ2n) is 4.55. The summed E-state index contributed by atoms with van der Waals surface area (Å²) in [5.74, 6) is 0.878. The summed E-state index contributed by atoms with van der Waals surface area (Å²) in [6, 6.07) is 2.00. The van der Waals surface area contributed by atoms with Crippen LogP contribution in [-0.2, 0) is 25.9 Å². The number of imidazole rings is 1. The summed E-state index contributed by atoms with van der Waals surface area (Å²) in [4.78, 5) is 4.49. The first kappa shape index (κ1) is 10.6. The van der Waals surface area contributed by atoms with E-state index < -0.39 is 0 Å². The van der Waals surface area contributed by atoms with Gasteiger partial charge >= 0.3 is 0 Å². The molecule has 1 aliphatic carbocycles. The lowest BCUT2D eigenvalue weighted by molar-refractivity contribution is 0.504. The maximum absolute atomic E-state index is 5.64. The molecule has 90 valence electrons. The molecule has 1 aliphatic rings. The highest BCUT2D eigenvalue weighted by Crippen LogP contribution is 2.21. The van der Waals surface area contributed by atoms with Crippen molar-refractivity contribution in [2.75, 3.05) is 0 Å². The summed E-state index contributed by atoms with van der Waals surface area (Å²) < 4.78 is 7.58. The first-order valence-electron chi connectivity index (χ1n) is 6.16. The standard InChI is InChI=1S/C13H17N3O/c14-7-13-10(5-6-17-13)8-16-9-15-11-3-1-2-4-12(11)16/h5-6,9H,1-4,7-8,14H2. The monoisotopic (exact) mass is 231 g/mol. The number of hydrogen-bond acceptors (Lipinski definition) is 3. The predicted molar refractivity (Wildman–Crippen MR) is 64.6 cm³/mol. The Labute approximate surface area is 100 Å². The van der Waals surface area contributed by atoms with Crippen molar-refractivity contribution < 1.29 is 4.42 Å². The van der Waals surface area contributed by atoms with Crippen LogP contribution in [0.5, 0.6) is 0 Å². The number of fused-ring (bicyclic) bond motifs is 1. The van der Waals surface area contributed by atoms with E-state index in [0.29, 0.717) is 6.54 Å². The first-order valence-corrected chi connectivity index (χ1v) is 6.16. The Morgan fingerprint density at radius 1 is 1.35 bits per heavy atom. The Morgan fingerprint density at radius 2 is 2.24 bits per heavy atom. The highest BCUT2D eigenvalue weighted by Gasteiger charge is 2.16. The fourth-order valence-electron chi connectivity index (χ4n) is 2.54. The highest BCUT2D eigenvalue weighted by atomic mass is 16.3. The van der Waals surface area contributed by atoms with Crippen LogP contribution in [0.3, 0.4) is 0 Å². The van der Waals surface area contributed by atoms with Crippen molar-refractivity contribution in [3.63, 3.8) is 0 Å². The average Bonchev–Trinajstić information content (AvgIpc) is 2.97. The first-order chi connectivity index (χ1) is 8.38. The number of furan rings is 1. The van der Waals surface area contributed by atoms with Gasteiger partial charge in [-0.3, -0.25) is 0 Å². The number of aryl methyl sites for hydroxylation is 1. The molecular weight excluding hydrogens is 214 g/mol. The number of hydrogen-bond donors (Lipinski definition) is 1. The third-order valence-corrected chi connectivity index (χ3v) is 3.47. The molecule has 4 nitrogen and oxygen atoms in total. The number of nitrogens with two attached hydrogens (primary N) is 1. The van der Waals surface area contributed by atoms with E-state index >= 15 is 0 Å². The minimum atomic E-state index is 0.458. The molecule has 0 saturated heterocycles. The molecule has 4 heteroatoms. The molecule has 0 saturated carbocycles. The van der Waals surface area contributed by atoms with Crippen LogP contribution in [0.15, 0.2) is 23.1 Å². The van der Waals surface area contributed by atoms with Crippen LogP contribution in [0.2, 0.25) is 0 Å². The molecule has 3 rings (SSSR count). The normalized spacial score (nSPS) is 14.9. The summed E-state index contributed by atoms with van der Waals surface area (Å²) in [6.45, 7) is 1.28. The fraction of sp³-hybridized carbons (Fsp3) is 0.462. The summed E-state index contributed by atoms with van der Waals surface area (Å²) in [6.07, 6.45) is 8.46. The Bertz CT molecular complexity index is 512. The van der Waals surface area contributed by atoms with Gasteiger partial charge in [0.25, 0.3) is 0 Å². The second kappa shape index (κ2) is 4.37. The van der Waals surface area contributed by atoms with Gasteiger partial charge in [0.1, 0.15) is 5.76 Å². The lowest BCUT2D eigenvalue weighted by Crippen LogP contribution is -2.10. The number of nitrogens with zero attached hydrogens (tertiary/aromatic N) is 2. The molecule has 0 fully saturated rings. The molecule has 0 atom stereocenters. The second-order valence-corrected chi connectivity index (χ2v) is 4.55. The van der Waals surface area contributed by atoms with Crippen LogP contribution in [0.1, 0.15) is 35.6 Å². The molecule has 2 heterocycles. The number of aromatic nitrogens is 2. The molecule has 0 aromatic carbocycles. The molecular formula is C13H17N3O. The Balaban J connectivity index is 1.88. The highest BCUT2D eigenvalue weighted by molar-refractivity contribution is 5.22. The minimum Gasteiger partial charge on any atom is -0.468 e. The molecule has 0 radical (unpaired) electrons. The largest absolute Gasteiger partial charge is 0.468 e. The van der Waals surface area contributed by atoms with Gasteiger partial charge in [0.05, 0.1) is 31.4 Å². The van der Waals surface area contributed by atoms with E-state index in [2.05, 4.69) is 9.55 Å². The molecule has 0 unspecified atom stereocenters. The van der Waals surface area contributed by atoms with E-state index in [9.17, 15) is 0 Å². The van der Waals surface area contributed by atoms with Gasteiger partial charge in [-0.2, -0.15) is 0 Å². The zero-order valence-electron chi connectivity index (χ0n) is 9.85.